The van der Waals surface area contributed by atoms with Gasteiger partial charge in [-0.3, -0.25) is 0 Å². The Balaban J connectivity index is 0. The summed E-state index contributed by atoms with van der Waals surface area (Å²) in [5, 5.41) is 15.8. The zero-order valence-electron chi connectivity index (χ0n) is 9.34. The Morgan fingerprint density at radius 3 is 1.53 bits per heavy atom. The Morgan fingerprint density at radius 1 is 1.00 bits per heavy atom. The summed E-state index contributed by atoms with van der Waals surface area (Å²) in [6.45, 7) is 0. The number of carbonyl (C=O) groups is 4. The molecule has 0 rings (SSSR count). The molecule has 77 valence electrons. The van der Waals surface area contributed by atoms with Crippen LogP contribution in [-0.2, 0) is 56.0 Å². The van der Waals surface area contributed by atoms with E-state index in [2.05, 4.69) is 6.64 Å². The van der Waals surface area contributed by atoms with Crippen molar-refractivity contribution in [3.05, 3.63) is 0 Å². The molecule has 0 aromatic rings. The Hall–Kier alpha value is 1.10. The van der Waals surface area contributed by atoms with Crippen molar-refractivity contribution in [2.24, 2.45) is 0 Å². The van der Waals surface area contributed by atoms with E-state index in [0.29, 0.717) is 0 Å². The maximum atomic E-state index is 10.2. The second-order valence-electron chi connectivity index (χ2n) is 2.50. The number of rotatable bonds is 2. The summed E-state index contributed by atoms with van der Waals surface area (Å²) < 4.78 is 8.63. The van der Waals surface area contributed by atoms with Crippen LogP contribution in [0.15, 0.2) is 0 Å². The van der Waals surface area contributed by atoms with Gasteiger partial charge < -0.3 is 0 Å². The molecule has 0 aromatic carbocycles. The molecule has 0 radical (unpaired) electrons. The molecule has 0 atom stereocenters. The minimum absolute atomic E-state index is 0.806. The number of hydrogen-bond donors (Lipinski definition) is 2. The second-order valence-corrected chi connectivity index (χ2v) is 6.61. The summed E-state index contributed by atoms with van der Waals surface area (Å²) in [4.78, 5) is 39.5. The van der Waals surface area contributed by atoms with E-state index in [1.165, 1.54) is 0 Å². The van der Waals surface area contributed by atoms with Crippen LogP contribution in [-0.4, -0.2) is 78.4 Å². The molecule has 0 aliphatic heterocycles. The van der Waals surface area contributed by atoms with Crippen molar-refractivity contribution in [3.63, 3.8) is 0 Å². The Bertz CT molecular complexity index is 307. The van der Waals surface area contributed by atoms with Crippen molar-refractivity contribution in [1.29, 1.82) is 0 Å². The van der Waals surface area contributed by atoms with Gasteiger partial charge in [-0.2, -0.15) is 0 Å². The van der Waals surface area contributed by atoms with Gasteiger partial charge >= 0.3 is 134 Å². The molecule has 13 heteroatoms. The molecule has 0 saturated heterocycles. The quantitative estimate of drug-likeness (QED) is 0.408. The van der Waals surface area contributed by atoms with E-state index in [1.54, 1.807) is 44.3 Å². The van der Waals surface area contributed by atoms with Crippen LogP contribution < -0.4 is 0 Å². The Kier molecular flexibility index (Phi) is 14.6. The van der Waals surface area contributed by atoms with E-state index < -0.39 is 54.1 Å². The number of carboxylic acids is 2. The molecule has 0 fully saturated rings. The molecule has 0 saturated carbocycles. The van der Waals surface area contributed by atoms with Crippen molar-refractivity contribution in [1.82, 2.24) is 0 Å². The van der Waals surface area contributed by atoms with Crippen molar-refractivity contribution in [2.75, 3.05) is 0 Å². The number of carbonyl (C=O) groups excluding carboxylic acids is 2. The predicted molar refractivity (Wildman–Crippen MR) is 44.7 cm³/mol. The summed E-state index contributed by atoms with van der Waals surface area (Å²) >= 11 is 2.62. The normalized spacial score (nSPS) is 8.12. The first kappa shape index (κ1) is 20.4. The van der Waals surface area contributed by atoms with E-state index in [4.69, 9.17) is 10.2 Å². The van der Waals surface area contributed by atoms with Gasteiger partial charge in [0.2, 0.25) is 0 Å². The molecule has 0 heterocycles. The fourth-order valence-electron chi connectivity index (χ4n) is 0.365. The van der Waals surface area contributed by atoms with E-state index in [-0.39, 0.29) is 0 Å². The van der Waals surface area contributed by atoms with Crippen molar-refractivity contribution in [2.45, 2.75) is 0 Å². The fourth-order valence-corrected chi connectivity index (χ4v) is 1.51. The van der Waals surface area contributed by atoms with Crippen LogP contribution in [0.1, 0.15) is 0 Å². The summed E-state index contributed by atoms with van der Waals surface area (Å²) in [6.07, 6.45) is 0. The molecule has 0 bridgehead atoms. The van der Waals surface area contributed by atoms with Gasteiger partial charge in [-0.1, -0.05) is 0 Å². The van der Waals surface area contributed by atoms with Crippen molar-refractivity contribution >= 4 is 68.2 Å². The van der Waals surface area contributed by atoms with Gasteiger partial charge in [-0.05, 0) is 0 Å². The Morgan fingerprint density at radius 2 is 1.41 bits per heavy atom. The molecule has 2 N–H and O–H groups in total. The predicted octanol–water partition coefficient (Wildman–Crippen LogP) is -2.99. The van der Waals surface area contributed by atoms with Gasteiger partial charge in [-0.15, -0.1) is 0 Å². The second kappa shape index (κ2) is 12.2. The molecule has 0 amide bonds. The molecular weight excluding hydrogens is 293 g/mol. The fraction of sp³-hybridized carbons (Fsp3) is 0. The van der Waals surface area contributed by atoms with E-state index in [9.17, 15) is 19.2 Å². The molecule has 8 nitrogen and oxygen atoms in total. The SMILES string of the molecule is [Li][Ti]([Li])[O]C(=O)C(=O)O.[Li][Ti][O]C(=O)C(=O)O. The van der Waals surface area contributed by atoms with Gasteiger partial charge in [0, 0.05) is 0 Å². The monoisotopic (exact) mass is 295 g/mol. The number of aliphatic carboxylic acids is 2. The average molecular weight is 295 g/mol. The summed E-state index contributed by atoms with van der Waals surface area (Å²) in [5.41, 5.74) is 0. The Labute approximate surface area is 132 Å². The summed E-state index contributed by atoms with van der Waals surface area (Å²) in [5.74, 6) is -5.30. The molecule has 0 unspecified atom stereocenters. The van der Waals surface area contributed by atoms with Crippen LogP contribution in [0.25, 0.3) is 0 Å². The molecule has 0 aromatic heterocycles. The van der Waals surface area contributed by atoms with Crippen molar-refractivity contribution < 1.29 is 66.2 Å². The van der Waals surface area contributed by atoms with Gasteiger partial charge in [0.1, 0.15) is 0 Å². The van der Waals surface area contributed by atoms with Crippen LogP contribution in [0, 0.1) is 0 Å². The van der Waals surface area contributed by atoms with Crippen LogP contribution in [0.5, 0.6) is 0 Å². The first-order valence-corrected chi connectivity index (χ1v) is 10.0. The molecule has 17 heavy (non-hydrogen) atoms. The van der Waals surface area contributed by atoms with Gasteiger partial charge in [0.25, 0.3) is 0 Å². The zero-order valence-corrected chi connectivity index (χ0v) is 12.5. The summed E-state index contributed by atoms with van der Waals surface area (Å²) in [7, 11) is 0. The first-order valence-electron chi connectivity index (χ1n) is 4.08. The van der Waals surface area contributed by atoms with Crippen molar-refractivity contribution in [3.8, 4) is 0 Å². The topological polar surface area (TPSA) is 127 Å². The third kappa shape index (κ3) is 15.0. The molecular formula is C4H2Li3O8Ti2. The van der Waals surface area contributed by atoms with Gasteiger partial charge in [0.15, 0.2) is 0 Å². The van der Waals surface area contributed by atoms with Crippen LogP contribution >= 0.6 is 0 Å². The standard InChI is InChI=1S/2C2H2O4.3Li.2Ti/c2*3-1(4)2(5)6;;;;;/h2*(H,3,4)(H,5,6);;;;;/q;;;;;2*+1/p-2. The molecule has 0 aliphatic rings. The molecule has 0 aliphatic carbocycles. The van der Waals surface area contributed by atoms with Crippen LogP contribution in [0.4, 0.5) is 0 Å². The van der Waals surface area contributed by atoms with Gasteiger partial charge in [-0.25, -0.2) is 0 Å². The van der Waals surface area contributed by atoms with E-state index >= 15 is 0 Å². The number of carboxylic acid groups (broad SMARTS) is 2. The third-order valence-electron chi connectivity index (χ3n) is 0.841. The van der Waals surface area contributed by atoms with Crippen LogP contribution in [0.3, 0.4) is 0 Å². The maximum absolute atomic E-state index is 10.2. The minimum atomic E-state index is -1.74. The zero-order chi connectivity index (χ0) is 14.0. The molecule has 0 spiro atoms. The van der Waals surface area contributed by atoms with E-state index in [0.717, 1.165) is 0 Å². The number of hydrogen-bond acceptors (Lipinski definition) is 6. The average Bonchev–Trinajstić information content (AvgIpc) is 2.17. The van der Waals surface area contributed by atoms with Crippen LogP contribution in [0.2, 0.25) is 0 Å². The van der Waals surface area contributed by atoms with Gasteiger partial charge in [0.05, 0.1) is 0 Å². The van der Waals surface area contributed by atoms with E-state index in [1.807, 2.05) is 0 Å². The summed E-state index contributed by atoms with van der Waals surface area (Å²) in [6, 6.07) is 0. The first-order chi connectivity index (χ1) is 7.72. The third-order valence-corrected chi connectivity index (χ3v) is 2.38.